The molecular weight excluding hydrogens is 226 g/mol. The maximum atomic E-state index is 11.8. The number of urea groups is 1. The standard InChI is InChI=1S/C14H19N3O/c1-9(2)8-17-12(13(15)16-14(17)18)11-6-4-10(3)5-7-11/h4-7,9,12H,8H2,1-3H3,(H2,15,16,18). The van der Waals surface area contributed by atoms with Crippen LogP contribution >= 0.6 is 0 Å². The van der Waals surface area contributed by atoms with Crippen LogP contribution in [0.3, 0.4) is 0 Å². The summed E-state index contributed by atoms with van der Waals surface area (Å²) in [5, 5.41) is 0. The van der Waals surface area contributed by atoms with E-state index in [4.69, 9.17) is 5.73 Å². The fourth-order valence-electron chi connectivity index (χ4n) is 2.18. The van der Waals surface area contributed by atoms with Gasteiger partial charge in [0.1, 0.15) is 11.9 Å². The second-order valence-electron chi connectivity index (χ2n) is 5.18. The van der Waals surface area contributed by atoms with Crippen molar-refractivity contribution in [3.8, 4) is 0 Å². The minimum atomic E-state index is -0.230. The molecule has 2 rings (SSSR count). The first-order valence-electron chi connectivity index (χ1n) is 6.20. The van der Waals surface area contributed by atoms with Crippen LogP contribution in [-0.4, -0.2) is 23.3 Å². The Morgan fingerprint density at radius 1 is 1.33 bits per heavy atom. The van der Waals surface area contributed by atoms with Gasteiger partial charge >= 0.3 is 6.03 Å². The summed E-state index contributed by atoms with van der Waals surface area (Å²) in [4.78, 5) is 17.5. The zero-order valence-corrected chi connectivity index (χ0v) is 11.1. The van der Waals surface area contributed by atoms with Crippen LogP contribution in [0.15, 0.2) is 29.3 Å². The van der Waals surface area contributed by atoms with Crippen LogP contribution in [0.5, 0.6) is 0 Å². The Balaban J connectivity index is 2.31. The molecule has 1 aromatic rings. The van der Waals surface area contributed by atoms with Crippen molar-refractivity contribution in [2.45, 2.75) is 26.8 Å². The molecule has 0 bridgehead atoms. The van der Waals surface area contributed by atoms with Crippen LogP contribution in [0, 0.1) is 12.8 Å². The molecule has 1 atom stereocenters. The van der Waals surface area contributed by atoms with Crippen LogP contribution in [0.4, 0.5) is 4.79 Å². The minimum absolute atomic E-state index is 0.208. The number of amidine groups is 1. The number of carbonyl (C=O) groups excluding carboxylic acids is 1. The number of nitrogens with two attached hydrogens (primary N) is 1. The maximum absolute atomic E-state index is 11.8. The number of hydrogen-bond acceptors (Lipinski definition) is 2. The van der Waals surface area contributed by atoms with Crippen molar-refractivity contribution in [3.63, 3.8) is 0 Å². The van der Waals surface area contributed by atoms with Gasteiger partial charge in [0, 0.05) is 6.54 Å². The molecule has 2 N–H and O–H groups in total. The maximum Gasteiger partial charge on any atom is 0.346 e. The van der Waals surface area contributed by atoms with E-state index in [0.717, 1.165) is 5.56 Å². The van der Waals surface area contributed by atoms with E-state index in [9.17, 15) is 4.79 Å². The van der Waals surface area contributed by atoms with Gasteiger partial charge in [-0.05, 0) is 18.4 Å². The monoisotopic (exact) mass is 245 g/mol. The molecule has 1 aromatic carbocycles. The van der Waals surface area contributed by atoms with Crippen molar-refractivity contribution < 1.29 is 4.79 Å². The molecule has 1 unspecified atom stereocenters. The van der Waals surface area contributed by atoms with Crippen LogP contribution < -0.4 is 5.73 Å². The van der Waals surface area contributed by atoms with Crippen LogP contribution in [0.25, 0.3) is 0 Å². The highest BCUT2D eigenvalue weighted by Crippen LogP contribution is 2.27. The number of amides is 2. The summed E-state index contributed by atoms with van der Waals surface area (Å²) in [5.74, 6) is 0.785. The number of carbonyl (C=O) groups is 1. The summed E-state index contributed by atoms with van der Waals surface area (Å²) in [6.45, 7) is 6.86. The van der Waals surface area contributed by atoms with E-state index < -0.39 is 0 Å². The third-order valence-corrected chi connectivity index (χ3v) is 3.02. The first-order valence-corrected chi connectivity index (χ1v) is 6.20. The Morgan fingerprint density at radius 2 is 1.94 bits per heavy atom. The van der Waals surface area contributed by atoms with Gasteiger partial charge < -0.3 is 10.6 Å². The van der Waals surface area contributed by atoms with Gasteiger partial charge in [-0.1, -0.05) is 43.7 Å². The summed E-state index contributed by atoms with van der Waals surface area (Å²) in [7, 11) is 0. The molecule has 0 saturated heterocycles. The van der Waals surface area contributed by atoms with E-state index in [2.05, 4.69) is 18.8 Å². The largest absolute Gasteiger partial charge is 0.385 e. The third kappa shape index (κ3) is 2.37. The van der Waals surface area contributed by atoms with Gasteiger partial charge in [-0.3, -0.25) is 0 Å². The number of benzene rings is 1. The molecule has 0 radical (unpaired) electrons. The lowest BCUT2D eigenvalue weighted by Crippen LogP contribution is -2.35. The summed E-state index contributed by atoms with van der Waals surface area (Å²) < 4.78 is 0. The van der Waals surface area contributed by atoms with E-state index >= 15 is 0 Å². The Morgan fingerprint density at radius 3 is 2.50 bits per heavy atom. The highest BCUT2D eigenvalue weighted by atomic mass is 16.2. The van der Waals surface area contributed by atoms with E-state index in [1.54, 1.807) is 4.90 Å². The van der Waals surface area contributed by atoms with Crippen molar-refractivity contribution in [2.75, 3.05) is 6.54 Å². The van der Waals surface area contributed by atoms with Crippen molar-refractivity contribution in [3.05, 3.63) is 35.4 Å². The topological polar surface area (TPSA) is 58.7 Å². The van der Waals surface area contributed by atoms with E-state index in [1.165, 1.54) is 5.56 Å². The summed E-state index contributed by atoms with van der Waals surface area (Å²) >= 11 is 0. The van der Waals surface area contributed by atoms with E-state index in [1.807, 2.05) is 31.2 Å². The predicted octanol–water partition coefficient (Wildman–Crippen LogP) is 2.48. The minimum Gasteiger partial charge on any atom is -0.385 e. The number of aryl methyl sites for hydroxylation is 1. The lowest BCUT2D eigenvalue weighted by Gasteiger charge is -2.26. The SMILES string of the molecule is Cc1ccc(C2C(N)=NC(=O)N2CC(C)C)cc1. The Labute approximate surface area is 108 Å². The summed E-state index contributed by atoms with van der Waals surface area (Å²) in [6.07, 6.45) is 0. The lowest BCUT2D eigenvalue weighted by atomic mass is 10.0. The molecule has 2 amide bonds. The number of nitrogens with zero attached hydrogens (tertiary/aromatic N) is 2. The molecule has 1 aliphatic rings. The average molecular weight is 245 g/mol. The lowest BCUT2D eigenvalue weighted by molar-refractivity contribution is 0.199. The van der Waals surface area contributed by atoms with Gasteiger partial charge in [-0.15, -0.1) is 0 Å². The number of rotatable bonds is 3. The Bertz CT molecular complexity index is 476. The molecule has 1 aliphatic heterocycles. The first-order chi connectivity index (χ1) is 8.49. The van der Waals surface area contributed by atoms with Crippen molar-refractivity contribution in [1.82, 2.24) is 4.90 Å². The molecule has 0 aliphatic carbocycles. The van der Waals surface area contributed by atoms with Gasteiger partial charge in [0.05, 0.1) is 0 Å². The van der Waals surface area contributed by atoms with Crippen molar-refractivity contribution in [2.24, 2.45) is 16.6 Å². The van der Waals surface area contributed by atoms with Crippen LogP contribution in [-0.2, 0) is 0 Å². The molecular formula is C14H19N3O. The van der Waals surface area contributed by atoms with Gasteiger partial charge in [0.2, 0.25) is 0 Å². The normalized spacial score (nSPS) is 19.6. The van der Waals surface area contributed by atoms with Gasteiger partial charge in [0.15, 0.2) is 0 Å². The average Bonchev–Trinajstić information content (AvgIpc) is 2.55. The van der Waals surface area contributed by atoms with Crippen LogP contribution in [0.1, 0.15) is 31.0 Å². The summed E-state index contributed by atoms with van der Waals surface area (Å²) in [6, 6.07) is 7.63. The molecule has 18 heavy (non-hydrogen) atoms. The quantitative estimate of drug-likeness (QED) is 0.889. The highest BCUT2D eigenvalue weighted by Gasteiger charge is 2.34. The zero-order valence-electron chi connectivity index (χ0n) is 11.1. The molecule has 1 heterocycles. The second kappa shape index (κ2) is 4.80. The van der Waals surface area contributed by atoms with E-state index in [0.29, 0.717) is 18.3 Å². The van der Waals surface area contributed by atoms with Crippen molar-refractivity contribution >= 4 is 11.9 Å². The Hall–Kier alpha value is -1.84. The molecule has 4 nitrogen and oxygen atoms in total. The second-order valence-corrected chi connectivity index (χ2v) is 5.18. The molecule has 0 spiro atoms. The summed E-state index contributed by atoms with van der Waals surface area (Å²) in [5.41, 5.74) is 8.10. The molecule has 4 heteroatoms. The van der Waals surface area contributed by atoms with Crippen molar-refractivity contribution in [1.29, 1.82) is 0 Å². The predicted molar refractivity (Wildman–Crippen MR) is 72.5 cm³/mol. The first kappa shape index (κ1) is 12.6. The fraction of sp³-hybridized carbons (Fsp3) is 0.429. The van der Waals surface area contributed by atoms with E-state index in [-0.39, 0.29) is 12.1 Å². The van der Waals surface area contributed by atoms with Gasteiger partial charge in [-0.2, -0.15) is 4.99 Å². The van der Waals surface area contributed by atoms with Gasteiger partial charge in [0.25, 0.3) is 0 Å². The third-order valence-electron chi connectivity index (χ3n) is 3.02. The number of aliphatic imine (C=N–C) groups is 1. The molecule has 0 aromatic heterocycles. The molecule has 96 valence electrons. The zero-order chi connectivity index (χ0) is 13.3. The van der Waals surface area contributed by atoms with Gasteiger partial charge in [-0.25, -0.2) is 4.79 Å². The highest BCUT2D eigenvalue weighted by molar-refractivity contribution is 6.03. The van der Waals surface area contributed by atoms with Crippen LogP contribution in [0.2, 0.25) is 0 Å². The fourth-order valence-corrected chi connectivity index (χ4v) is 2.18. The molecule has 0 saturated carbocycles. The Kier molecular flexibility index (Phi) is 3.36. The molecule has 0 fully saturated rings. The smallest absolute Gasteiger partial charge is 0.346 e. The number of hydrogen-bond donors (Lipinski definition) is 1.